The van der Waals surface area contributed by atoms with Crippen molar-refractivity contribution in [3.8, 4) is 5.75 Å². The average molecular weight is 1050 g/mol. The minimum atomic E-state index is -6.91. The number of carbonyl (C=O) groups is 3. The van der Waals surface area contributed by atoms with E-state index in [9.17, 15) is 59.4 Å². The van der Waals surface area contributed by atoms with E-state index in [0.717, 1.165) is 21.8 Å². The second-order valence-corrected chi connectivity index (χ2v) is 17.2. The molecule has 4 bridgehead atoms. The number of ether oxygens (including phenoxy) is 3. The van der Waals surface area contributed by atoms with Crippen LogP contribution in [0.5, 0.6) is 5.75 Å². The van der Waals surface area contributed by atoms with Gasteiger partial charge in [-0.15, -0.1) is 0 Å². The van der Waals surface area contributed by atoms with Gasteiger partial charge < -0.3 is 18.8 Å². The minimum absolute atomic E-state index is 0.128. The Morgan fingerprint density at radius 1 is 0.959 bits per heavy atom. The third-order valence-corrected chi connectivity index (χ3v) is 13.3. The lowest BCUT2D eigenvalue weighted by Gasteiger charge is -2.59. The number of alkyl halides is 5. The summed E-state index contributed by atoms with van der Waals surface area (Å²) in [7, 11) is -6.91. The summed E-state index contributed by atoms with van der Waals surface area (Å²) >= 11 is 5.92. The number of nitrogens with zero attached hydrogens (tertiary/aromatic N) is 1. The standard InChI is InChI=1S/C28H21F5I3NO11S/c29-27(30,31)23(28(32,33)49(43,44)45)47-24(40)25-7-12-3-13(8-25)10-26(9-12,11-25)48-21(38)14-1-2-19(18(4-14)37(41)42)46-22(39)16-5-15(34)6-17(35)20(16)36/h1-2,4-6,12-13,23H,3,7-11H2,(H,43,44,45)/p-1. The van der Waals surface area contributed by atoms with Crippen LogP contribution in [0, 0.1) is 38.1 Å². The van der Waals surface area contributed by atoms with Gasteiger partial charge >= 0.3 is 35.0 Å². The topological polar surface area (TPSA) is 179 Å². The maximum atomic E-state index is 14.1. The Bertz CT molecular complexity index is 1860. The van der Waals surface area contributed by atoms with Crippen molar-refractivity contribution in [2.75, 3.05) is 0 Å². The molecule has 2 aromatic rings. The molecular weight excluding hydrogens is 1030 g/mol. The number of hydrogen-bond donors (Lipinski definition) is 0. The molecule has 0 spiro atoms. The molecule has 0 heterocycles. The van der Waals surface area contributed by atoms with Crippen LogP contribution in [0.25, 0.3) is 0 Å². The van der Waals surface area contributed by atoms with E-state index in [1.54, 1.807) is 6.07 Å². The highest BCUT2D eigenvalue weighted by Gasteiger charge is 2.67. The molecule has 2 aromatic carbocycles. The van der Waals surface area contributed by atoms with Gasteiger partial charge in [-0.05, 0) is 136 Å². The van der Waals surface area contributed by atoms with Crippen LogP contribution in [-0.4, -0.2) is 58.9 Å². The Balaban J connectivity index is 1.39. The number of carbonyl (C=O) groups excluding carboxylic acids is 3. The lowest BCUT2D eigenvalue weighted by molar-refractivity contribution is -0.385. The molecule has 0 amide bonds. The number of benzene rings is 2. The van der Waals surface area contributed by atoms with Crippen LogP contribution >= 0.6 is 67.8 Å². The van der Waals surface area contributed by atoms with Crippen molar-refractivity contribution in [3.05, 3.63) is 62.3 Å². The zero-order valence-corrected chi connectivity index (χ0v) is 31.5. The van der Waals surface area contributed by atoms with Crippen LogP contribution < -0.4 is 4.74 Å². The summed E-state index contributed by atoms with van der Waals surface area (Å²) in [4.78, 5) is 50.6. The van der Waals surface area contributed by atoms with Crippen molar-refractivity contribution in [2.24, 2.45) is 17.3 Å². The lowest BCUT2D eigenvalue weighted by atomic mass is 9.48. The largest absolute Gasteiger partial charge is 0.743 e. The number of rotatable bonds is 9. The molecule has 266 valence electrons. The molecule has 12 nitrogen and oxygen atoms in total. The van der Waals surface area contributed by atoms with Crippen LogP contribution in [0.2, 0.25) is 0 Å². The number of nitro groups is 1. The molecule has 4 aliphatic rings. The molecule has 21 heteroatoms. The fourth-order valence-corrected chi connectivity index (χ4v) is 10.0. The number of halogens is 8. The summed E-state index contributed by atoms with van der Waals surface area (Å²) in [5, 5.41) is 5.90. The van der Waals surface area contributed by atoms with E-state index in [2.05, 4.69) is 4.74 Å². The van der Waals surface area contributed by atoms with Gasteiger partial charge in [0.05, 0.1) is 21.5 Å². The minimum Gasteiger partial charge on any atom is -0.743 e. The van der Waals surface area contributed by atoms with Gasteiger partial charge in [-0.25, -0.2) is 18.0 Å². The molecule has 3 atom stereocenters. The summed E-state index contributed by atoms with van der Waals surface area (Å²) in [5.74, 6) is -5.18. The van der Waals surface area contributed by atoms with Gasteiger partial charge in [0, 0.05) is 23.2 Å². The molecule has 0 aliphatic heterocycles. The second-order valence-electron chi connectivity index (χ2n) is 12.2. The van der Waals surface area contributed by atoms with E-state index >= 15 is 0 Å². The van der Waals surface area contributed by atoms with Gasteiger partial charge in [0.25, 0.3) is 6.10 Å². The summed E-state index contributed by atoms with van der Waals surface area (Å²) in [6, 6.07) is 6.23. The first-order chi connectivity index (χ1) is 22.5. The summed E-state index contributed by atoms with van der Waals surface area (Å²) in [6.45, 7) is 0. The third kappa shape index (κ3) is 7.50. The molecule has 4 aliphatic carbocycles. The molecule has 4 fully saturated rings. The Morgan fingerprint density at radius 3 is 2.12 bits per heavy atom. The maximum Gasteiger partial charge on any atom is 0.432 e. The van der Waals surface area contributed by atoms with Crippen molar-refractivity contribution >= 4 is 101 Å². The van der Waals surface area contributed by atoms with Crippen molar-refractivity contribution < 1.29 is 68.4 Å². The highest BCUT2D eigenvalue weighted by molar-refractivity contribution is 14.1. The average Bonchev–Trinajstić information content (AvgIpc) is 2.95. The normalized spacial score (nSPS) is 25.4. The zero-order chi connectivity index (χ0) is 36.5. The van der Waals surface area contributed by atoms with E-state index in [1.807, 2.05) is 67.8 Å². The quantitative estimate of drug-likeness (QED) is 0.0380. The van der Waals surface area contributed by atoms with E-state index in [1.165, 1.54) is 6.07 Å². The smallest absolute Gasteiger partial charge is 0.432 e. The molecule has 3 unspecified atom stereocenters. The number of hydrogen-bond acceptors (Lipinski definition) is 11. The SMILES string of the molecule is O=C(OC12CC3CC(C1)CC(C(=O)OC(C(F)(F)F)C(F)(F)S(=O)(=O)[O-])(C3)C2)c1ccc(OC(=O)c2cc(I)cc(I)c2I)c([N+](=O)[O-])c1. The number of nitro benzene ring substituents is 1. The molecule has 0 saturated heterocycles. The third-order valence-electron chi connectivity index (χ3n) is 8.72. The number of esters is 3. The zero-order valence-electron chi connectivity index (χ0n) is 24.2. The van der Waals surface area contributed by atoms with Crippen molar-refractivity contribution in [1.29, 1.82) is 0 Å². The van der Waals surface area contributed by atoms with Gasteiger partial charge in [-0.3, -0.25) is 14.9 Å². The Morgan fingerprint density at radius 2 is 1.57 bits per heavy atom. The molecule has 0 aromatic heterocycles. The summed E-state index contributed by atoms with van der Waals surface area (Å²) < 4.78 is 119. The second kappa shape index (κ2) is 13.2. The summed E-state index contributed by atoms with van der Waals surface area (Å²) in [6.07, 6.45) is -10.7. The van der Waals surface area contributed by atoms with Crippen molar-refractivity contribution in [1.82, 2.24) is 0 Å². The Hall–Kier alpha value is -2.00. The Labute approximate surface area is 314 Å². The van der Waals surface area contributed by atoms with E-state index in [4.69, 9.17) is 9.47 Å². The van der Waals surface area contributed by atoms with E-state index in [-0.39, 0.29) is 36.8 Å². The van der Waals surface area contributed by atoms with Crippen LogP contribution in [0.15, 0.2) is 30.3 Å². The van der Waals surface area contributed by atoms with Gasteiger partial charge in [0.2, 0.25) is 5.75 Å². The van der Waals surface area contributed by atoms with Gasteiger partial charge in [-0.2, -0.15) is 22.0 Å². The molecule has 0 N–H and O–H groups in total. The van der Waals surface area contributed by atoms with E-state index in [0.29, 0.717) is 13.6 Å². The van der Waals surface area contributed by atoms with Gasteiger partial charge in [-0.1, -0.05) is 0 Å². The molecule has 6 rings (SSSR count). The molecule has 0 radical (unpaired) electrons. The van der Waals surface area contributed by atoms with Gasteiger partial charge in [0.1, 0.15) is 5.60 Å². The summed E-state index contributed by atoms with van der Waals surface area (Å²) in [5.41, 5.74) is -4.39. The first-order valence-electron chi connectivity index (χ1n) is 14.0. The Kier molecular flexibility index (Phi) is 10.3. The van der Waals surface area contributed by atoms with Crippen LogP contribution in [-0.2, 0) is 24.4 Å². The van der Waals surface area contributed by atoms with Crippen molar-refractivity contribution in [3.63, 3.8) is 0 Å². The molecule has 4 saturated carbocycles. The fraction of sp³-hybridized carbons (Fsp3) is 0.464. The highest BCUT2D eigenvalue weighted by atomic mass is 127. The van der Waals surface area contributed by atoms with Gasteiger partial charge in [0.15, 0.2) is 10.1 Å². The maximum absolute atomic E-state index is 14.1. The van der Waals surface area contributed by atoms with E-state index < -0.39 is 91.2 Å². The van der Waals surface area contributed by atoms with Crippen LogP contribution in [0.1, 0.15) is 59.2 Å². The highest BCUT2D eigenvalue weighted by Crippen LogP contribution is 2.63. The van der Waals surface area contributed by atoms with Crippen molar-refractivity contribution in [2.45, 2.75) is 61.7 Å². The van der Waals surface area contributed by atoms with Crippen LogP contribution in [0.3, 0.4) is 0 Å². The fourth-order valence-electron chi connectivity index (χ4n) is 7.21. The molecule has 49 heavy (non-hydrogen) atoms. The van der Waals surface area contributed by atoms with Crippen LogP contribution in [0.4, 0.5) is 27.6 Å². The first-order valence-corrected chi connectivity index (χ1v) is 18.6. The molecular formula is C28H20F5I3NO11S-. The first kappa shape index (κ1) is 38.2. The monoisotopic (exact) mass is 1050 g/mol. The predicted molar refractivity (Wildman–Crippen MR) is 178 cm³/mol. The predicted octanol–water partition coefficient (Wildman–Crippen LogP) is 6.74. The lowest BCUT2D eigenvalue weighted by Crippen LogP contribution is -2.61.